The fourth-order valence-electron chi connectivity index (χ4n) is 2.87. The molecule has 146 valence electrons. The first-order valence-corrected chi connectivity index (χ1v) is 11.4. The molecule has 2 heterocycles. The number of carbonyl (C=O) groups excluding carboxylic acids is 1. The van der Waals surface area contributed by atoms with Crippen LogP contribution in [-0.2, 0) is 17.1 Å². The molecule has 1 saturated heterocycles. The molecule has 7 nitrogen and oxygen atoms in total. The first kappa shape index (κ1) is 19.9. The van der Waals surface area contributed by atoms with E-state index >= 15 is 0 Å². The van der Waals surface area contributed by atoms with E-state index in [0.29, 0.717) is 24.7 Å². The van der Waals surface area contributed by atoms with Crippen LogP contribution in [0.15, 0.2) is 35.5 Å². The van der Waals surface area contributed by atoms with Crippen molar-refractivity contribution in [2.75, 3.05) is 29.9 Å². The zero-order chi connectivity index (χ0) is 19.6. The second-order valence-electron chi connectivity index (χ2n) is 6.77. The maximum Gasteiger partial charge on any atom is 0.263 e. The van der Waals surface area contributed by atoms with Gasteiger partial charge in [0.15, 0.2) is 0 Å². The predicted octanol–water partition coefficient (Wildman–Crippen LogP) is 2.53. The molecule has 0 atom stereocenters. The fraction of sp³-hybridized carbons (Fsp3) is 0.444. The highest BCUT2D eigenvalue weighted by molar-refractivity contribution is 7.99. The van der Waals surface area contributed by atoms with Gasteiger partial charge in [-0.05, 0) is 23.6 Å². The molecule has 0 aliphatic carbocycles. The van der Waals surface area contributed by atoms with Crippen LogP contribution in [0.5, 0.6) is 0 Å². The lowest BCUT2D eigenvalue weighted by atomic mass is 10.0. The van der Waals surface area contributed by atoms with Crippen LogP contribution in [0.1, 0.15) is 35.7 Å². The molecule has 1 N–H and O–H groups in total. The summed E-state index contributed by atoms with van der Waals surface area (Å²) in [5, 5.41) is 6.66. The standard InChI is InChI=1S/C18H24N4O3S2/c1-13(2)14-4-6-15(7-5-14)19-17(23)16-12-21(3)20-18(16)27(24,25)22-8-10-26-11-9-22/h4-7,12-13H,8-11H2,1-3H3,(H,19,23). The molecule has 0 radical (unpaired) electrons. The lowest BCUT2D eigenvalue weighted by Gasteiger charge is -2.24. The van der Waals surface area contributed by atoms with E-state index in [2.05, 4.69) is 24.3 Å². The van der Waals surface area contributed by atoms with Gasteiger partial charge in [0, 0.05) is 43.5 Å². The number of hydrogen-bond donors (Lipinski definition) is 1. The molecule has 1 aromatic heterocycles. The summed E-state index contributed by atoms with van der Waals surface area (Å²) in [6.07, 6.45) is 1.45. The second kappa shape index (κ2) is 8.04. The summed E-state index contributed by atoms with van der Waals surface area (Å²) in [7, 11) is -2.19. The summed E-state index contributed by atoms with van der Waals surface area (Å²) < 4.78 is 28.7. The maximum atomic E-state index is 13.0. The quantitative estimate of drug-likeness (QED) is 0.822. The van der Waals surface area contributed by atoms with Crippen LogP contribution >= 0.6 is 11.8 Å². The number of benzene rings is 1. The van der Waals surface area contributed by atoms with Crippen molar-refractivity contribution in [3.63, 3.8) is 0 Å². The third kappa shape index (κ3) is 4.36. The van der Waals surface area contributed by atoms with Gasteiger partial charge in [-0.1, -0.05) is 26.0 Å². The zero-order valence-electron chi connectivity index (χ0n) is 15.7. The van der Waals surface area contributed by atoms with Gasteiger partial charge in [0.05, 0.1) is 5.56 Å². The molecular formula is C18H24N4O3S2. The first-order valence-electron chi connectivity index (χ1n) is 8.82. The summed E-state index contributed by atoms with van der Waals surface area (Å²) in [6, 6.07) is 7.54. The highest BCUT2D eigenvalue weighted by atomic mass is 32.2. The van der Waals surface area contributed by atoms with Gasteiger partial charge in [0.25, 0.3) is 15.9 Å². The van der Waals surface area contributed by atoms with Crippen molar-refractivity contribution in [1.82, 2.24) is 14.1 Å². The fourth-order valence-corrected chi connectivity index (χ4v) is 5.57. The molecule has 1 amide bonds. The summed E-state index contributed by atoms with van der Waals surface area (Å²) >= 11 is 1.72. The number of rotatable bonds is 5. The Morgan fingerprint density at radius 3 is 2.41 bits per heavy atom. The number of carbonyl (C=O) groups is 1. The topological polar surface area (TPSA) is 84.3 Å². The van der Waals surface area contributed by atoms with Crippen LogP contribution in [0.4, 0.5) is 5.69 Å². The van der Waals surface area contributed by atoms with Crippen molar-refractivity contribution in [3.05, 3.63) is 41.6 Å². The van der Waals surface area contributed by atoms with E-state index in [1.54, 1.807) is 18.8 Å². The smallest absolute Gasteiger partial charge is 0.263 e. The van der Waals surface area contributed by atoms with Crippen molar-refractivity contribution >= 4 is 33.4 Å². The average molecular weight is 409 g/mol. The molecule has 1 aromatic carbocycles. The third-order valence-electron chi connectivity index (χ3n) is 4.43. The Labute approximate surface area is 164 Å². The van der Waals surface area contributed by atoms with Crippen LogP contribution in [-0.4, -0.2) is 53.0 Å². The number of amides is 1. The largest absolute Gasteiger partial charge is 0.322 e. The maximum absolute atomic E-state index is 13.0. The number of hydrogen-bond acceptors (Lipinski definition) is 5. The Morgan fingerprint density at radius 1 is 1.19 bits per heavy atom. The van der Waals surface area contributed by atoms with Crippen LogP contribution in [0.2, 0.25) is 0 Å². The van der Waals surface area contributed by atoms with E-state index in [9.17, 15) is 13.2 Å². The molecule has 2 aromatic rings. The third-order valence-corrected chi connectivity index (χ3v) is 7.21. The molecule has 1 aliphatic rings. The minimum absolute atomic E-state index is 0.0589. The summed E-state index contributed by atoms with van der Waals surface area (Å²) in [5.41, 5.74) is 1.84. The van der Waals surface area contributed by atoms with E-state index < -0.39 is 15.9 Å². The molecule has 3 rings (SSSR count). The Bertz CT molecular complexity index is 915. The Balaban J connectivity index is 1.85. The van der Waals surface area contributed by atoms with Crippen LogP contribution in [0.25, 0.3) is 0 Å². The number of sulfonamides is 1. The monoisotopic (exact) mass is 408 g/mol. The summed E-state index contributed by atoms with van der Waals surface area (Å²) in [5.74, 6) is 1.41. The van der Waals surface area contributed by atoms with Crippen molar-refractivity contribution in [3.8, 4) is 0 Å². The highest BCUT2D eigenvalue weighted by Crippen LogP contribution is 2.23. The minimum atomic E-state index is -3.80. The van der Waals surface area contributed by atoms with Crippen LogP contribution in [0.3, 0.4) is 0 Å². The Morgan fingerprint density at radius 2 is 1.81 bits per heavy atom. The Hall–Kier alpha value is -1.84. The van der Waals surface area contributed by atoms with Gasteiger partial charge < -0.3 is 5.32 Å². The number of thioether (sulfide) groups is 1. The van der Waals surface area contributed by atoms with Gasteiger partial charge in [-0.15, -0.1) is 0 Å². The molecule has 1 fully saturated rings. The minimum Gasteiger partial charge on any atom is -0.322 e. The molecule has 9 heteroatoms. The lowest BCUT2D eigenvalue weighted by molar-refractivity contribution is 0.102. The van der Waals surface area contributed by atoms with Crippen molar-refractivity contribution in [2.24, 2.45) is 7.05 Å². The number of nitrogens with one attached hydrogen (secondary N) is 1. The zero-order valence-corrected chi connectivity index (χ0v) is 17.3. The van der Waals surface area contributed by atoms with Crippen molar-refractivity contribution in [2.45, 2.75) is 24.8 Å². The average Bonchev–Trinajstić information content (AvgIpc) is 3.06. The van der Waals surface area contributed by atoms with E-state index in [1.165, 1.54) is 20.7 Å². The number of anilines is 1. The normalized spacial score (nSPS) is 15.9. The van der Waals surface area contributed by atoms with Gasteiger partial charge in [-0.25, -0.2) is 8.42 Å². The van der Waals surface area contributed by atoms with E-state index in [4.69, 9.17) is 0 Å². The van der Waals surface area contributed by atoms with E-state index in [1.807, 2.05) is 24.3 Å². The number of nitrogens with zero attached hydrogens (tertiary/aromatic N) is 3. The summed E-state index contributed by atoms with van der Waals surface area (Å²) in [4.78, 5) is 12.7. The molecule has 0 unspecified atom stereocenters. The SMILES string of the molecule is CC(C)c1ccc(NC(=O)c2cn(C)nc2S(=O)(=O)N2CCSCC2)cc1. The summed E-state index contributed by atoms with van der Waals surface area (Å²) in [6.45, 7) is 5.06. The predicted molar refractivity (Wildman–Crippen MR) is 108 cm³/mol. The molecule has 1 aliphatic heterocycles. The molecule has 0 bridgehead atoms. The van der Waals surface area contributed by atoms with E-state index in [0.717, 1.165) is 11.5 Å². The first-order chi connectivity index (χ1) is 12.8. The van der Waals surface area contributed by atoms with E-state index in [-0.39, 0.29) is 10.6 Å². The second-order valence-corrected chi connectivity index (χ2v) is 9.85. The van der Waals surface area contributed by atoms with Crippen LogP contribution < -0.4 is 5.32 Å². The van der Waals surface area contributed by atoms with Crippen LogP contribution in [0, 0.1) is 0 Å². The van der Waals surface area contributed by atoms with Gasteiger partial charge in [0.1, 0.15) is 0 Å². The van der Waals surface area contributed by atoms with Crippen molar-refractivity contribution < 1.29 is 13.2 Å². The van der Waals surface area contributed by atoms with Gasteiger partial charge >= 0.3 is 0 Å². The van der Waals surface area contributed by atoms with Crippen molar-refractivity contribution in [1.29, 1.82) is 0 Å². The number of aryl methyl sites for hydroxylation is 1. The van der Waals surface area contributed by atoms with Gasteiger partial charge in [-0.3, -0.25) is 9.48 Å². The molecule has 27 heavy (non-hydrogen) atoms. The highest BCUT2D eigenvalue weighted by Gasteiger charge is 2.33. The molecule has 0 spiro atoms. The van der Waals surface area contributed by atoms with Gasteiger partial charge in [-0.2, -0.15) is 21.2 Å². The molecule has 0 saturated carbocycles. The van der Waals surface area contributed by atoms with Gasteiger partial charge in [0.2, 0.25) is 5.03 Å². The number of aromatic nitrogens is 2. The lowest BCUT2D eigenvalue weighted by Crippen LogP contribution is -2.38. The molecular weight excluding hydrogens is 384 g/mol. The Kier molecular flexibility index (Phi) is 5.92.